The number of hydrogen-bond donors (Lipinski definition) is 3. The molecule has 4 nitrogen and oxygen atoms in total. The monoisotopic (exact) mass is 274 g/mol. The first-order valence-electron chi connectivity index (χ1n) is 5.80. The molecule has 1 aromatic rings. The number of halogens is 3. The highest BCUT2D eigenvalue weighted by atomic mass is 19.2. The summed E-state index contributed by atoms with van der Waals surface area (Å²) in [6.45, 7) is 1.17. The zero-order chi connectivity index (χ0) is 14.0. The first-order chi connectivity index (χ1) is 8.99. The number of benzene rings is 1. The number of amides is 1. The fourth-order valence-corrected chi connectivity index (χ4v) is 1.94. The van der Waals surface area contributed by atoms with Gasteiger partial charge in [0.05, 0.1) is 6.10 Å². The van der Waals surface area contributed by atoms with E-state index in [-0.39, 0.29) is 18.0 Å². The van der Waals surface area contributed by atoms with Gasteiger partial charge in [-0.25, -0.2) is 13.2 Å². The predicted octanol–water partition coefficient (Wildman–Crippen LogP) is 0.414. The van der Waals surface area contributed by atoms with Crippen LogP contribution in [0.4, 0.5) is 13.2 Å². The van der Waals surface area contributed by atoms with Crippen LogP contribution in [0.2, 0.25) is 0 Å². The van der Waals surface area contributed by atoms with E-state index in [2.05, 4.69) is 10.6 Å². The van der Waals surface area contributed by atoms with Crippen LogP contribution in [-0.2, 0) is 0 Å². The quantitative estimate of drug-likeness (QED) is 0.700. The Morgan fingerprint density at radius 1 is 1.32 bits per heavy atom. The molecule has 0 radical (unpaired) electrons. The smallest absolute Gasteiger partial charge is 0.251 e. The maximum atomic E-state index is 13.0. The lowest BCUT2D eigenvalue weighted by Gasteiger charge is -2.14. The third kappa shape index (κ3) is 3.05. The molecule has 1 aliphatic rings. The molecule has 0 aromatic heterocycles. The number of hydrogen-bond acceptors (Lipinski definition) is 3. The van der Waals surface area contributed by atoms with Crippen LogP contribution in [0.15, 0.2) is 12.1 Å². The third-order valence-electron chi connectivity index (χ3n) is 3.07. The second-order valence-electron chi connectivity index (χ2n) is 4.45. The standard InChI is InChI=1S/C12H13F3N2O2/c13-8-1-6(2-9(14)11(8)15)12(19)17-4-7-3-16-5-10(7)18/h1-2,7,10,16,18H,3-5H2,(H,17,19). The highest BCUT2D eigenvalue weighted by Crippen LogP contribution is 2.14. The van der Waals surface area contributed by atoms with Crippen molar-refractivity contribution in [2.75, 3.05) is 19.6 Å². The van der Waals surface area contributed by atoms with Crippen LogP contribution >= 0.6 is 0 Å². The lowest BCUT2D eigenvalue weighted by Crippen LogP contribution is -2.34. The molecule has 2 atom stereocenters. The highest BCUT2D eigenvalue weighted by Gasteiger charge is 2.25. The number of nitrogens with one attached hydrogen (secondary N) is 2. The Kier molecular flexibility index (Phi) is 4.06. The molecule has 0 aliphatic carbocycles. The van der Waals surface area contributed by atoms with E-state index in [4.69, 9.17) is 0 Å². The highest BCUT2D eigenvalue weighted by molar-refractivity contribution is 5.94. The van der Waals surface area contributed by atoms with Gasteiger partial charge in [0.2, 0.25) is 0 Å². The summed E-state index contributed by atoms with van der Waals surface area (Å²) in [5.41, 5.74) is -0.295. The number of rotatable bonds is 3. The van der Waals surface area contributed by atoms with Crippen molar-refractivity contribution in [3.05, 3.63) is 35.1 Å². The van der Waals surface area contributed by atoms with Crippen LogP contribution in [0.5, 0.6) is 0 Å². The van der Waals surface area contributed by atoms with Crippen molar-refractivity contribution in [2.24, 2.45) is 5.92 Å². The van der Waals surface area contributed by atoms with Gasteiger partial charge in [-0.1, -0.05) is 0 Å². The van der Waals surface area contributed by atoms with E-state index in [0.717, 1.165) is 0 Å². The average molecular weight is 274 g/mol. The second-order valence-corrected chi connectivity index (χ2v) is 4.45. The molecule has 0 bridgehead atoms. The molecule has 3 N–H and O–H groups in total. The Morgan fingerprint density at radius 3 is 2.47 bits per heavy atom. The Bertz CT molecular complexity index is 473. The van der Waals surface area contributed by atoms with E-state index in [1.807, 2.05) is 0 Å². The molecule has 1 saturated heterocycles. The normalized spacial score (nSPS) is 22.5. The third-order valence-corrected chi connectivity index (χ3v) is 3.07. The Morgan fingerprint density at radius 2 is 1.95 bits per heavy atom. The first-order valence-corrected chi connectivity index (χ1v) is 5.80. The SMILES string of the molecule is O=C(NCC1CNCC1O)c1cc(F)c(F)c(F)c1. The van der Waals surface area contributed by atoms with Crippen molar-refractivity contribution in [3.8, 4) is 0 Å². The van der Waals surface area contributed by atoms with Gasteiger partial charge in [-0.15, -0.1) is 0 Å². The van der Waals surface area contributed by atoms with Gasteiger partial charge in [0.1, 0.15) is 0 Å². The van der Waals surface area contributed by atoms with Gasteiger partial charge in [-0.2, -0.15) is 0 Å². The van der Waals surface area contributed by atoms with Crippen LogP contribution in [0.25, 0.3) is 0 Å². The number of carbonyl (C=O) groups is 1. The fourth-order valence-electron chi connectivity index (χ4n) is 1.94. The van der Waals surface area contributed by atoms with Crippen molar-refractivity contribution in [3.63, 3.8) is 0 Å². The summed E-state index contributed by atoms with van der Waals surface area (Å²) in [5.74, 6) is -5.29. The molecule has 0 saturated carbocycles. The van der Waals surface area contributed by atoms with Gasteiger partial charge in [0.15, 0.2) is 17.5 Å². The maximum Gasteiger partial charge on any atom is 0.251 e. The Hall–Kier alpha value is -1.60. The second kappa shape index (κ2) is 5.58. The predicted molar refractivity (Wildman–Crippen MR) is 61.0 cm³/mol. The van der Waals surface area contributed by atoms with Gasteiger partial charge >= 0.3 is 0 Å². The zero-order valence-electron chi connectivity index (χ0n) is 9.92. The van der Waals surface area contributed by atoms with Crippen molar-refractivity contribution in [1.29, 1.82) is 0 Å². The summed E-state index contributed by atoms with van der Waals surface area (Å²) in [4.78, 5) is 11.7. The number of β-amino-alcohol motifs (C(OH)–C–C–N with tert-alkyl or cyclic N) is 1. The molecule has 0 spiro atoms. The minimum absolute atomic E-state index is 0.154. The van der Waals surface area contributed by atoms with Crippen LogP contribution in [0.1, 0.15) is 10.4 Å². The summed E-state index contributed by atoms with van der Waals surface area (Å²) >= 11 is 0. The van der Waals surface area contributed by atoms with Crippen LogP contribution in [-0.4, -0.2) is 36.8 Å². The molecule has 104 valence electrons. The summed E-state index contributed by atoms with van der Waals surface area (Å²) in [5, 5.41) is 14.9. The van der Waals surface area contributed by atoms with Crippen molar-refractivity contribution < 1.29 is 23.1 Å². The molecule has 1 aromatic carbocycles. The molecule has 1 heterocycles. The average Bonchev–Trinajstić information content (AvgIpc) is 2.78. The van der Waals surface area contributed by atoms with Crippen molar-refractivity contribution in [1.82, 2.24) is 10.6 Å². The molecule has 19 heavy (non-hydrogen) atoms. The van der Waals surface area contributed by atoms with Gasteiger partial charge in [-0.3, -0.25) is 4.79 Å². The van der Waals surface area contributed by atoms with Gasteiger partial charge in [0, 0.05) is 31.1 Å². The molecule has 2 rings (SSSR count). The molecule has 7 heteroatoms. The summed E-state index contributed by atoms with van der Waals surface area (Å²) < 4.78 is 38.7. The van der Waals surface area contributed by atoms with E-state index in [1.54, 1.807) is 0 Å². The lowest BCUT2D eigenvalue weighted by atomic mass is 10.1. The Labute approximate surface area is 107 Å². The maximum absolute atomic E-state index is 13.0. The van der Waals surface area contributed by atoms with E-state index < -0.39 is 29.5 Å². The van der Waals surface area contributed by atoms with Crippen LogP contribution < -0.4 is 10.6 Å². The van der Waals surface area contributed by atoms with Gasteiger partial charge in [0.25, 0.3) is 5.91 Å². The van der Waals surface area contributed by atoms with Gasteiger partial charge in [-0.05, 0) is 12.1 Å². The van der Waals surface area contributed by atoms with Crippen molar-refractivity contribution >= 4 is 5.91 Å². The summed E-state index contributed by atoms with van der Waals surface area (Å²) in [6.07, 6.45) is -0.568. The molecular formula is C12H13F3N2O2. The minimum Gasteiger partial charge on any atom is -0.391 e. The minimum atomic E-state index is -1.60. The fraction of sp³-hybridized carbons (Fsp3) is 0.417. The van der Waals surface area contributed by atoms with Crippen molar-refractivity contribution in [2.45, 2.75) is 6.10 Å². The molecular weight excluding hydrogens is 261 g/mol. The van der Waals surface area contributed by atoms with E-state index in [9.17, 15) is 23.1 Å². The van der Waals surface area contributed by atoms with Crippen LogP contribution in [0.3, 0.4) is 0 Å². The van der Waals surface area contributed by atoms with Crippen LogP contribution in [0, 0.1) is 23.4 Å². The molecule has 1 amide bonds. The summed E-state index contributed by atoms with van der Waals surface area (Å²) in [7, 11) is 0. The first kappa shape index (κ1) is 13.8. The zero-order valence-corrected chi connectivity index (χ0v) is 9.92. The molecule has 1 aliphatic heterocycles. The number of aliphatic hydroxyl groups is 1. The van der Waals surface area contributed by atoms with E-state index in [0.29, 0.717) is 25.2 Å². The number of carbonyl (C=O) groups excluding carboxylic acids is 1. The lowest BCUT2D eigenvalue weighted by molar-refractivity contribution is 0.0926. The Balaban J connectivity index is 2.00. The summed E-state index contributed by atoms with van der Waals surface area (Å²) in [6, 6.07) is 1.27. The number of aliphatic hydroxyl groups excluding tert-OH is 1. The largest absolute Gasteiger partial charge is 0.391 e. The molecule has 2 unspecified atom stereocenters. The molecule has 1 fully saturated rings. The van der Waals surface area contributed by atoms with E-state index in [1.165, 1.54) is 0 Å². The van der Waals surface area contributed by atoms with E-state index >= 15 is 0 Å². The van der Waals surface area contributed by atoms with Gasteiger partial charge < -0.3 is 15.7 Å². The topological polar surface area (TPSA) is 61.4 Å².